The number of hydrogen-bond donors (Lipinski definition) is 1. The van der Waals surface area contributed by atoms with E-state index in [1.807, 2.05) is 36.4 Å². The van der Waals surface area contributed by atoms with Gasteiger partial charge in [-0.25, -0.2) is 13.4 Å². The lowest BCUT2D eigenvalue weighted by Gasteiger charge is -2.04. The Morgan fingerprint density at radius 3 is 2.23 bits per heavy atom. The fourth-order valence-corrected chi connectivity index (χ4v) is 3.42. The fourth-order valence-electron chi connectivity index (χ4n) is 2.79. The largest absolute Gasteiger partial charge is 0.461 e. The second kappa shape index (κ2) is 6.31. The van der Waals surface area contributed by atoms with Crippen molar-refractivity contribution in [3.05, 3.63) is 73.0 Å². The third kappa shape index (κ3) is 3.07. The number of aromatic nitrogens is 2. The number of H-pyrrole nitrogens is 1. The van der Waals surface area contributed by atoms with E-state index in [1.165, 1.54) is 6.26 Å². The lowest BCUT2D eigenvalue weighted by molar-refractivity contribution is 0.578. The van der Waals surface area contributed by atoms with Gasteiger partial charge in [0.25, 0.3) is 0 Å². The quantitative estimate of drug-likeness (QED) is 0.582. The molecule has 0 atom stereocenters. The van der Waals surface area contributed by atoms with Crippen molar-refractivity contribution in [3.8, 4) is 34.1 Å². The minimum atomic E-state index is -3.24. The first-order chi connectivity index (χ1) is 12.5. The van der Waals surface area contributed by atoms with Crippen molar-refractivity contribution in [1.29, 1.82) is 0 Å². The molecule has 0 aliphatic rings. The van der Waals surface area contributed by atoms with E-state index in [1.54, 1.807) is 36.6 Å². The van der Waals surface area contributed by atoms with Crippen LogP contribution in [0, 0.1) is 0 Å². The zero-order chi connectivity index (χ0) is 18.1. The lowest BCUT2D eigenvalue weighted by atomic mass is 10.1. The molecule has 0 aliphatic heterocycles. The Morgan fingerprint density at radius 2 is 1.62 bits per heavy atom. The first-order valence-corrected chi connectivity index (χ1v) is 9.91. The van der Waals surface area contributed by atoms with Crippen molar-refractivity contribution in [2.24, 2.45) is 0 Å². The van der Waals surface area contributed by atoms with Crippen molar-refractivity contribution >= 4 is 9.84 Å². The number of aromatic amines is 1. The molecule has 2 heterocycles. The van der Waals surface area contributed by atoms with Crippen LogP contribution in [0.2, 0.25) is 0 Å². The Kier molecular flexibility index (Phi) is 3.97. The Bertz CT molecular complexity index is 1130. The summed E-state index contributed by atoms with van der Waals surface area (Å²) in [6.45, 7) is 0. The molecule has 0 saturated heterocycles. The number of imidazole rings is 1. The van der Waals surface area contributed by atoms with E-state index in [2.05, 4.69) is 4.98 Å². The Balaban J connectivity index is 1.87. The molecule has 0 saturated carbocycles. The maximum atomic E-state index is 11.7. The molecular formula is C20H16N2O3S. The normalized spacial score (nSPS) is 11.6. The van der Waals surface area contributed by atoms with Crippen LogP contribution in [0.5, 0.6) is 0 Å². The molecule has 0 fully saturated rings. The first kappa shape index (κ1) is 16.4. The summed E-state index contributed by atoms with van der Waals surface area (Å²) in [5.74, 6) is 1.26. The number of sulfone groups is 1. The van der Waals surface area contributed by atoms with E-state index in [9.17, 15) is 8.42 Å². The zero-order valence-electron chi connectivity index (χ0n) is 14.0. The second-order valence-corrected chi connectivity index (χ2v) is 7.96. The first-order valence-electron chi connectivity index (χ1n) is 8.02. The van der Waals surface area contributed by atoms with Crippen molar-refractivity contribution < 1.29 is 12.8 Å². The van der Waals surface area contributed by atoms with E-state index < -0.39 is 9.84 Å². The van der Waals surface area contributed by atoms with Crippen LogP contribution >= 0.6 is 0 Å². The number of furan rings is 1. The van der Waals surface area contributed by atoms with Crippen LogP contribution in [0.25, 0.3) is 34.1 Å². The minimum Gasteiger partial charge on any atom is -0.461 e. The van der Waals surface area contributed by atoms with Crippen molar-refractivity contribution in [3.63, 3.8) is 0 Å². The van der Waals surface area contributed by atoms with E-state index in [4.69, 9.17) is 9.40 Å². The molecule has 4 rings (SSSR count). The molecule has 26 heavy (non-hydrogen) atoms. The molecule has 0 spiro atoms. The monoisotopic (exact) mass is 364 g/mol. The van der Waals surface area contributed by atoms with Gasteiger partial charge >= 0.3 is 0 Å². The van der Waals surface area contributed by atoms with E-state index in [0.29, 0.717) is 11.6 Å². The van der Waals surface area contributed by atoms with Crippen LogP contribution < -0.4 is 0 Å². The molecule has 6 heteroatoms. The topological polar surface area (TPSA) is 76.0 Å². The average molecular weight is 364 g/mol. The van der Waals surface area contributed by atoms with Gasteiger partial charge in [0.2, 0.25) is 0 Å². The van der Waals surface area contributed by atoms with Gasteiger partial charge in [-0.2, -0.15) is 0 Å². The van der Waals surface area contributed by atoms with Gasteiger partial charge in [0.15, 0.2) is 21.4 Å². The van der Waals surface area contributed by atoms with E-state index in [0.717, 1.165) is 22.5 Å². The third-order valence-electron chi connectivity index (χ3n) is 4.08. The van der Waals surface area contributed by atoms with Crippen LogP contribution in [0.15, 0.2) is 82.3 Å². The van der Waals surface area contributed by atoms with Crippen LogP contribution in [0.1, 0.15) is 0 Å². The van der Waals surface area contributed by atoms with Gasteiger partial charge in [0, 0.05) is 17.4 Å². The highest BCUT2D eigenvalue weighted by Crippen LogP contribution is 2.33. The number of hydrogen-bond acceptors (Lipinski definition) is 4. The smallest absolute Gasteiger partial charge is 0.175 e. The highest BCUT2D eigenvalue weighted by Gasteiger charge is 2.17. The molecule has 0 aliphatic carbocycles. The Hall–Kier alpha value is -3.12. The van der Waals surface area contributed by atoms with Gasteiger partial charge in [-0.05, 0) is 24.3 Å². The second-order valence-electron chi connectivity index (χ2n) is 5.95. The number of rotatable bonds is 4. The standard InChI is InChI=1S/C20H16N2O3S/c1-26(23,24)16-11-9-15(10-12-16)19-18(14-6-3-2-4-7-14)21-20(22-19)17-8-5-13-25-17/h2-13H,1H3,(H,21,22). The van der Waals surface area contributed by atoms with Crippen molar-refractivity contribution in [2.75, 3.05) is 6.26 Å². The molecule has 2 aromatic carbocycles. The van der Waals surface area contributed by atoms with Crippen LogP contribution in [-0.4, -0.2) is 24.6 Å². The Labute approximate surface area is 151 Å². The maximum Gasteiger partial charge on any atom is 0.175 e. The van der Waals surface area contributed by atoms with Gasteiger partial charge in [0.05, 0.1) is 22.5 Å². The van der Waals surface area contributed by atoms with Gasteiger partial charge in [0.1, 0.15) is 0 Å². The third-order valence-corrected chi connectivity index (χ3v) is 5.21. The molecular weight excluding hydrogens is 348 g/mol. The van der Waals surface area contributed by atoms with Gasteiger partial charge in [-0.3, -0.25) is 0 Å². The molecule has 0 amide bonds. The summed E-state index contributed by atoms with van der Waals surface area (Å²) in [5, 5.41) is 0. The number of nitrogens with zero attached hydrogens (tertiary/aromatic N) is 1. The summed E-state index contributed by atoms with van der Waals surface area (Å²) in [4.78, 5) is 8.29. The van der Waals surface area contributed by atoms with Crippen molar-refractivity contribution in [2.45, 2.75) is 4.90 Å². The molecule has 1 N–H and O–H groups in total. The summed E-state index contributed by atoms with van der Waals surface area (Å²) in [5.41, 5.74) is 3.40. The molecule has 0 unspecified atom stereocenters. The maximum absolute atomic E-state index is 11.7. The van der Waals surface area contributed by atoms with Gasteiger partial charge in [-0.15, -0.1) is 0 Å². The van der Waals surface area contributed by atoms with Crippen molar-refractivity contribution in [1.82, 2.24) is 9.97 Å². The Morgan fingerprint density at radius 1 is 0.885 bits per heavy atom. The predicted octanol–water partition coefficient (Wildman–Crippen LogP) is 4.41. The van der Waals surface area contributed by atoms with Crippen LogP contribution in [-0.2, 0) is 9.84 Å². The molecule has 2 aromatic heterocycles. The summed E-state index contributed by atoms with van der Waals surface area (Å²) < 4.78 is 28.8. The summed E-state index contributed by atoms with van der Waals surface area (Å²) in [7, 11) is -3.24. The highest BCUT2D eigenvalue weighted by atomic mass is 32.2. The molecule has 0 radical (unpaired) electrons. The molecule has 0 bridgehead atoms. The summed E-state index contributed by atoms with van der Waals surface area (Å²) >= 11 is 0. The predicted molar refractivity (Wildman–Crippen MR) is 100 cm³/mol. The highest BCUT2D eigenvalue weighted by molar-refractivity contribution is 7.90. The van der Waals surface area contributed by atoms with Gasteiger partial charge < -0.3 is 9.40 Å². The summed E-state index contributed by atoms with van der Waals surface area (Å²) in [6, 6.07) is 20.2. The molecule has 4 aromatic rings. The fraction of sp³-hybridized carbons (Fsp3) is 0.0500. The molecule has 130 valence electrons. The van der Waals surface area contributed by atoms with E-state index >= 15 is 0 Å². The summed E-state index contributed by atoms with van der Waals surface area (Å²) in [6.07, 6.45) is 2.79. The number of nitrogens with one attached hydrogen (secondary N) is 1. The minimum absolute atomic E-state index is 0.285. The lowest BCUT2D eigenvalue weighted by Crippen LogP contribution is -1.96. The van der Waals surface area contributed by atoms with Gasteiger partial charge in [-0.1, -0.05) is 42.5 Å². The van der Waals surface area contributed by atoms with Crippen LogP contribution in [0.3, 0.4) is 0 Å². The SMILES string of the molecule is CS(=O)(=O)c1ccc(-c2[nH]c(-c3ccco3)nc2-c2ccccc2)cc1. The van der Waals surface area contributed by atoms with Crippen LogP contribution in [0.4, 0.5) is 0 Å². The number of benzene rings is 2. The average Bonchev–Trinajstić information content (AvgIpc) is 3.31. The van der Waals surface area contributed by atoms with E-state index in [-0.39, 0.29) is 4.90 Å². The zero-order valence-corrected chi connectivity index (χ0v) is 14.8. The molecule has 5 nitrogen and oxygen atoms in total.